The van der Waals surface area contributed by atoms with Crippen molar-refractivity contribution in [3.63, 3.8) is 0 Å². The maximum absolute atomic E-state index is 12.4. The molecule has 2 saturated heterocycles. The smallest absolute Gasteiger partial charge is 0.247 e. The number of likely N-dealkylation sites (tertiary alicyclic amines) is 1. The topological polar surface area (TPSA) is 58.6 Å². The second-order valence-corrected chi connectivity index (χ2v) is 6.06. The van der Waals surface area contributed by atoms with E-state index in [4.69, 9.17) is 4.74 Å². The van der Waals surface area contributed by atoms with Gasteiger partial charge in [-0.05, 0) is 45.1 Å². The van der Waals surface area contributed by atoms with Crippen LogP contribution < -0.4 is 5.32 Å². The molecule has 0 aliphatic carbocycles. The molecule has 0 saturated carbocycles. The van der Waals surface area contributed by atoms with Crippen LogP contribution >= 0.6 is 0 Å². The van der Waals surface area contributed by atoms with Crippen molar-refractivity contribution in [3.8, 4) is 0 Å². The third kappa shape index (κ3) is 4.04. The Kier molecular flexibility index (Phi) is 6.18. The quantitative estimate of drug-likeness (QED) is 0.728. The van der Waals surface area contributed by atoms with Gasteiger partial charge < -0.3 is 10.1 Å². The van der Waals surface area contributed by atoms with Crippen molar-refractivity contribution in [3.05, 3.63) is 0 Å². The van der Waals surface area contributed by atoms with E-state index < -0.39 is 0 Å². The molecule has 2 amide bonds. The van der Waals surface area contributed by atoms with Gasteiger partial charge in [0.2, 0.25) is 11.8 Å². The zero-order valence-electron chi connectivity index (χ0n) is 13.3. The first-order valence-electron chi connectivity index (χ1n) is 8.38. The Balaban J connectivity index is 1.79. The standard InChI is InChI=1S/C16H28N2O3/c1-3-12(4-2)18-15(19)11-14(16(18)20)17-9-8-13-7-5-6-10-21-13/h12-14,17H,3-11H2,1-2H3. The van der Waals surface area contributed by atoms with E-state index in [0.717, 1.165) is 45.3 Å². The lowest BCUT2D eigenvalue weighted by atomic mass is 10.1. The van der Waals surface area contributed by atoms with Crippen LogP contribution in [0.2, 0.25) is 0 Å². The third-order valence-corrected chi connectivity index (χ3v) is 4.62. The van der Waals surface area contributed by atoms with Gasteiger partial charge in [0.15, 0.2) is 0 Å². The normalized spacial score (nSPS) is 26.9. The predicted molar refractivity (Wildman–Crippen MR) is 80.8 cm³/mol. The Morgan fingerprint density at radius 2 is 2.05 bits per heavy atom. The fourth-order valence-corrected chi connectivity index (χ4v) is 3.30. The third-order valence-electron chi connectivity index (χ3n) is 4.62. The van der Waals surface area contributed by atoms with Gasteiger partial charge in [0.25, 0.3) is 0 Å². The summed E-state index contributed by atoms with van der Waals surface area (Å²) in [4.78, 5) is 25.9. The molecule has 0 aromatic rings. The first-order chi connectivity index (χ1) is 10.2. The van der Waals surface area contributed by atoms with Gasteiger partial charge in [0.05, 0.1) is 18.6 Å². The molecule has 2 rings (SSSR count). The van der Waals surface area contributed by atoms with Crippen molar-refractivity contribution < 1.29 is 14.3 Å². The molecular weight excluding hydrogens is 268 g/mol. The molecule has 0 bridgehead atoms. The summed E-state index contributed by atoms with van der Waals surface area (Å²) in [5, 5.41) is 3.25. The van der Waals surface area contributed by atoms with Crippen LogP contribution in [-0.2, 0) is 14.3 Å². The number of hydrogen-bond acceptors (Lipinski definition) is 4. The zero-order chi connectivity index (χ0) is 15.2. The van der Waals surface area contributed by atoms with E-state index in [0.29, 0.717) is 12.5 Å². The van der Waals surface area contributed by atoms with Crippen molar-refractivity contribution in [2.45, 2.75) is 77.0 Å². The van der Waals surface area contributed by atoms with E-state index >= 15 is 0 Å². The molecule has 21 heavy (non-hydrogen) atoms. The molecular formula is C16H28N2O3. The van der Waals surface area contributed by atoms with Gasteiger partial charge in [-0.2, -0.15) is 0 Å². The summed E-state index contributed by atoms with van der Waals surface area (Å²) in [5.74, 6) is -0.0709. The number of nitrogens with one attached hydrogen (secondary N) is 1. The number of rotatable bonds is 7. The van der Waals surface area contributed by atoms with E-state index in [-0.39, 0.29) is 23.9 Å². The molecule has 0 aromatic carbocycles. The summed E-state index contributed by atoms with van der Waals surface area (Å²) in [5.41, 5.74) is 0. The summed E-state index contributed by atoms with van der Waals surface area (Å²) in [6.07, 6.45) is 6.70. The molecule has 120 valence electrons. The maximum Gasteiger partial charge on any atom is 0.247 e. The summed E-state index contributed by atoms with van der Waals surface area (Å²) in [7, 11) is 0. The predicted octanol–water partition coefficient (Wildman–Crippen LogP) is 1.85. The Morgan fingerprint density at radius 1 is 1.29 bits per heavy atom. The molecule has 0 aromatic heterocycles. The number of imide groups is 1. The van der Waals surface area contributed by atoms with Crippen LogP contribution in [-0.4, -0.2) is 48.1 Å². The van der Waals surface area contributed by atoms with Gasteiger partial charge >= 0.3 is 0 Å². The highest BCUT2D eigenvalue weighted by Crippen LogP contribution is 2.20. The minimum absolute atomic E-state index is 0.0277. The molecule has 2 aliphatic rings. The summed E-state index contributed by atoms with van der Waals surface area (Å²) in [6, 6.07) is -0.278. The van der Waals surface area contributed by atoms with E-state index in [9.17, 15) is 9.59 Å². The molecule has 1 N–H and O–H groups in total. The molecule has 2 heterocycles. The highest BCUT2D eigenvalue weighted by molar-refractivity contribution is 6.05. The van der Waals surface area contributed by atoms with Crippen LogP contribution in [0.1, 0.15) is 58.8 Å². The molecule has 0 radical (unpaired) electrons. The first kappa shape index (κ1) is 16.4. The van der Waals surface area contributed by atoms with Crippen molar-refractivity contribution in [1.29, 1.82) is 0 Å². The van der Waals surface area contributed by atoms with Crippen LogP contribution in [0.4, 0.5) is 0 Å². The minimum atomic E-state index is -0.332. The van der Waals surface area contributed by atoms with E-state index in [1.807, 2.05) is 13.8 Å². The minimum Gasteiger partial charge on any atom is -0.378 e. The second kappa shape index (κ2) is 7.90. The molecule has 2 unspecified atom stereocenters. The molecule has 2 atom stereocenters. The lowest BCUT2D eigenvalue weighted by molar-refractivity contribution is -0.141. The molecule has 2 aliphatic heterocycles. The highest BCUT2D eigenvalue weighted by Gasteiger charge is 2.40. The van der Waals surface area contributed by atoms with E-state index in [1.54, 1.807) is 0 Å². The van der Waals surface area contributed by atoms with Gasteiger partial charge in [0.1, 0.15) is 0 Å². The van der Waals surface area contributed by atoms with Gasteiger partial charge in [0, 0.05) is 12.6 Å². The Labute approximate surface area is 127 Å². The molecule has 0 spiro atoms. The number of amides is 2. The number of carbonyl (C=O) groups excluding carboxylic acids is 2. The van der Waals surface area contributed by atoms with Crippen LogP contribution in [0, 0.1) is 0 Å². The lowest BCUT2D eigenvalue weighted by Crippen LogP contribution is -2.44. The largest absolute Gasteiger partial charge is 0.378 e. The SMILES string of the molecule is CCC(CC)N1C(=O)CC(NCCC2CCCCO2)C1=O. The van der Waals surface area contributed by atoms with Crippen molar-refractivity contribution in [1.82, 2.24) is 10.2 Å². The van der Waals surface area contributed by atoms with Crippen molar-refractivity contribution in [2.75, 3.05) is 13.2 Å². The summed E-state index contributed by atoms with van der Waals surface area (Å²) < 4.78 is 5.68. The Morgan fingerprint density at radius 3 is 2.67 bits per heavy atom. The van der Waals surface area contributed by atoms with Crippen LogP contribution in [0.15, 0.2) is 0 Å². The average molecular weight is 296 g/mol. The number of ether oxygens (including phenoxy) is 1. The van der Waals surface area contributed by atoms with Gasteiger partial charge in [-0.25, -0.2) is 0 Å². The fourth-order valence-electron chi connectivity index (χ4n) is 3.30. The van der Waals surface area contributed by atoms with Crippen LogP contribution in [0.3, 0.4) is 0 Å². The van der Waals surface area contributed by atoms with Crippen molar-refractivity contribution in [2.24, 2.45) is 0 Å². The number of nitrogens with zero attached hydrogens (tertiary/aromatic N) is 1. The highest BCUT2D eigenvalue weighted by atomic mass is 16.5. The van der Waals surface area contributed by atoms with Crippen molar-refractivity contribution >= 4 is 11.8 Å². The van der Waals surface area contributed by atoms with Crippen LogP contribution in [0.25, 0.3) is 0 Å². The molecule has 5 nitrogen and oxygen atoms in total. The molecule has 5 heteroatoms. The van der Waals surface area contributed by atoms with Gasteiger partial charge in [-0.15, -0.1) is 0 Å². The Bertz CT molecular complexity index is 363. The molecule has 2 fully saturated rings. The maximum atomic E-state index is 12.4. The number of hydrogen-bond donors (Lipinski definition) is 1. The number of carbonyl (C=O) groups is 2. The summed E-state index contributed by atoms with van der Waals surface area (Å²) in [6.45, 7) is 5.64. The fraction of sp³-hybridized carbons (Fsp3) is 0.875. The van der Waals surface area contributed by atoms with E-state index in [1.165, 1.54) is 11.3 Å². The van der Waals surface area contributed by atoms with Gasteiger partial charge in [-0.1, -0.05) is 13.8 Å². The zero-order valence-corrected chi connectivity index (χ0v) is 13.3. The summed E-state index contributed by atoms with van der Waals surface area (Å²) >= 11 is 0. The Hall–Kier alpha value is -0.940. The monoisotopic (exact) mass is 296 g/mol. The van der Waals surface area contributed by atoms with E-state index in [2.05, 4.69) is 5.32 Å². The second-order valence-electron chi connectivity index (χ2n) is 6.06. The lowest BCUT2D eigenvalue weighted by Gasteiger charge is -2.25. The average Bonchev–Trinajstić information content (AvgIpc) is 2.78. The van der Waals surface area contributed by atoms with Crippen LogP contribution in [0.5, 0.6) is 0 Å². The first-order valence-corrected chi connectivity index (χ1v) is 8.38. The van der Waals surface area contributed by atoms with Gasteiger partial charge in [-0.3, -0.25) is 14.5 Å².